The number of aliphatic carboxylic acids is 1. The third kappa shape index (κ3) is 7.80. The van der Waals surface area contributed by atoms with Gasteiger partial charge in [0.2, 0.25) is 0 Å². The SMILES string of the molecule is CSCC[C@H](NC(=O)c1ccc(CCc2cncc(Cc3ccccc3)c2)cc1-c1ccccc1C)C(=O)O. The summed E-state index contributed by atoms with van der Waals surface area (Å²) in [5.41, 5.74) is 8.03. The number of thioether (sulfide) groups is 1. The third-order valence-electron chi connectivity index (χ3n) is 6.78. The van der Waals surface area contributed by atoms with Crippen LogP contribution in [-0.4, -0.2) is 40.0 Å². The lowest BCUT2D eigenvalue weighted by molar-refractivity contribution is -0.139. The normalized spacial score (nSPS) is 11.6. The predicted octanol–water partition coefficient (Wildman–Crippen LogP) is 6.37. The standard InChI is InChI=1S/C33H34N2O3S/c1-23-8-6-7-11-28(23)30-20-25(14-15-29(30)32(36)35-31(33(37)38)16-17-39-2)12-13-26-19-27(22-34-21-26)18-24-9-4-3-5-10-24/h3-11,14-15,19-22,31H,12-13,16-18H2,1-2H3,(H,35,36)(H,37,38)/t31-/m0/s1. The van der Waals surface area contributed by atoms with E-state index in [1.807, 2.05) is 68.0 Å². The number of carboxylic acids is 1. The fraction of sp³-hybridized carbons (Fsp3) is 0.242. The maximum atomic E-state index is 13.3. The van der Waals surface area contributed by atoms with Gasteiger partial charge >= 0.3 is 5.97 Å². The second-order valence-electron chi connectivity index (χ2n) is 9.70. The summed E-state index contributed by atoms with van der Waals surface area (Å²) in [6, 6.07) is 25.5. The summed E-state index contributed by atoms with van der Waals surface area (Å²) >= 11 is 1.56. The second-order valence-corrected chi connectivity index (χ2v) is 10.7. The topological polar surface area (TPSA) is 79.3 Å². The number of aromatic nitrogens is 1. The van der Waals surface area contributed by atoms with E-state index in [0.29, 0.717) is 17.7 Å². The van der Waals surface area contributed by atoms with Gasteiger partial charge in [0.15, 0.2) is 0 Å². The first-order valence-electron chi connectivity index (χ1n) is 13.1. The number of pyridine rings is 1. The Morgan fingerprint density at radius 1 is 0.846 bits per heavy atom. The van der Waals surface area contributed by atoms with Crippen LogP contribution in [-0.2, 0) is 24.1 Å². The molecule has 2 N–H and O–H groups in total. The van der Waals surface area contributed by atoms with E-state index in [2.05, 4.69) is 46.7 Å². The minimum absolute atomic E-state index is 0.369. The zero-order valence-corrected chi connectivity index (χ0v) is 23.2. The molecule has 0 fully saturated rings. The van der Waals surface area contributed by atoms with E-state index in [0.717, 1.165) is 41.5 Å². The van der Waals surface area contributed by atoms with Crippen LogP contribution in [0.4, 0.5) is 0 Å². The van der Waals surface area contributed by atoms with E-state index in [4.69, 9.17) is 0 Å². The van der Waals surface area contributed by atoms with Crippen LogP contribution in [0.25, 0.3) is 11.1 Å². The summed E-state index contributed by atoms with van der Waals surface area (Å²) in [5, 5.41) is 12.4. The highest BCUT2D eigenvalue weighted by molar-refractivity contribution is 7.98. The van der Waals surface area contributed by atoms with E-state index in [1.165, 1.54) is 16.7 Å². The number of nitrogens with one attached hydrogen (secondary N) is 1. The molecule has 4 rings (SSSR count). The van der Waals surface area contributed by atoms with E-state index in [-0.39, 0.29) is 5.91 Å². The number of carboxylic acid groups (broad SMARTS) is 1. The summed E-state index contributed by atoms with van der Waals surface area (Å²) in [6.45, 7) is 2.02. The van der Waals surface area contributed by atoms with E-state index < -0.39 is 12.0 Å². The quantitative estimate of drug-likeness (QED) is 0.219. The number of rotatable bonds is 12. The maximum absolute atomic E-state index is 13.3. The lowest BCUT2D eigenvalue weighted by Crippen LogP contribution is -2.41. The molecular formula is C33H34N2O3S. The average molecular weight is 539 g/mol. The van der Waals surface area contributed by atoms with Crippen molar-refractivity contribution in [1.82, 2.24) is 10.3 Å². The summed E-state index contributed by atoms with van der Waals surface area (Å²) < 4.78 is 0. The van der Waals surface area contributed by atoms with Gasteiger partial charge in [-0.15, -0.1) is 0 Å². The zero-order valence-electron chi connectivity index (χ0n) is 22.4. The number of carbonyl (C=O) groups excluding carboxylic acids is 1. The molecule has 1 heterocycles. The van der Waals surface area contributed by atoms with Gasteiger partial charge < -0.3 is 10.4 Å². The Balaban J connectivity index is 1.56. The number of carbonyl (C=O) groups is 2. The van der Waals surface area contributed by atoms with Crippen LogP contribution in [0.3, 0.4) is 0 Å². The van der Waals surface area contributed by atoms with E-state index in [9.17, 15) is 14.7 Å². The second kappa shape index (κ2) is 13.8. The number of benzene rings is 3. The fourth-order valence-electron chi connectivity index (χ4n) is 4.67. The van der Waals surface area contributed by atoms with Crippen molar-refractivity contribution in [2.75, 3.05) is 12.0 Å². The molecule has 5 nitrogen and oxygen atoms in total. The van der Waals surface area contributed by atoms with Crippen LogP contribution in [0.1, 0.15) is 44.6 Å². The molecule has 0 saturated carbocycles. The van der Waals surface area contributed by atoms with E-state index in [1.54, 1.807) is 11.8 Å². The molecule has 1 aromatic heterocycles. The molecule has 0 unspecified atom stereocenters. The van der Waals surface area contributed by atoms with Crippen molar-refractivity contribution in [2.24, 2.45) is 0 Å². The monoisotopic (exact) mass is 538 g/mol. The molecule has 0 spiro atoms. The molecule has 0 saturated heterocycles. The van der Waals surface area contributed by atoms with Crippen LogP contribution in [0.15, 0.2) is 91.3 Å². The Hall–Kier alpha value is -3.90. The molecular weight excluding hydrogens is 504 g/mol. The molecule has 39 heavy (non-hydrogen) atoms. The molecule has 200 valence electrons. The lowest BCUT2D eigenvalue weighted by Gasteiger charge is -2.18. The largest absolute Gasteiger partial charge is 0.480 e. The van der Waals surface area contributed by atoms with Gasteiger partial charge in [-0.25, -0.2) is 4.79 Å². The molecule has 1 atom stereocenters. The Morgan fingerprint density at radius 2 is 1.56 bits per heavy atom. The van der Waals surface area contributed by atoms with Crippen LogP contribution < -0.4 is 5.32 Å². The third-order valence-corrected chi connectivity index (χ3v) is 7.43. The van der Waals surface area contributed by atoms with Crippen molar-refractivity contribution in [1.29, 1.82) is 0 Å². The first kappa shape index (κ1) is 28.1. The van der Waals surface area contributed by atoms with Crippen molar-refractivity contribution in [3.05, 3.63) is 125 Å². The molecule has 3 aromatic carbocycles. The molecule has 1 amide bonds. The highest BCUT2D eigenvalue weighted by atomic mass is 32.2. The summed E-state index contributed by atoms with van der Waals surface area (Å²) in [7, 11) is 0. The van der Waals surface area contributed by atoms with Crippen molar-refractivity contribution >= 4 is 23.6 Å². The predicted molar refractivity (Wildman–Crippen MR) is 159 cm³/mol. The van der Waals surface area contributed by atoms with Crippen molar-refractivity contribution in [3.63, 3.8) is 0 Å². The smallest absolute Gasteiger partial charge is 0.326 e. The molecule has 6 heteroatoms. The molecule has 0 aliphatic heterocycles. The van der Waals surface area contributed by atoms with Gasteiger partial charge in [0.25, 0.3) is 5.91 Å². The van der Waals surface area contributed by atoms with Crippen LogP contribution in [0.5, 0.6) is 0 Å². The Kier molecular flexibility index (Phi) is 9.92. The molecule has 0 aliphatic rings. The Morgan fingerprint density at radius 3 is 2.31 bits per heavy atom. The van der Waals surface area contributed by atoms with E-state index >= 15 is 0 Å². The van der Waals surface area contributed by atoms with Gasteiger partial charge in [-0.3, -0.25) is 9.78 Å². The lowest BCUT2D eigenvalue weighted by atomic mass is 9.92. The summed E-state index contributed by atoms with van der Waals surface area (Å²) in [5.74, 6) is -0.733. The summed E-state index contributed by atoms with van der Waals surface area (Å²) in [4.78, 5) is 29.5. The molecule has 0 radical (unpaired) electrons. The first-order chi connectivity index (χ1) is 18.9. The van der Waals surface area contributed by atoms with Crippen molar-refractivity contribution in [2.45, 2.75) is 38.6 Å². The molecule has 0 aliphatic carbocycles. The minimum atomic E-state index is -1.02. The van der Waals surface area contributed by atoms with Crippen molar-refractivity contribution < 1.29 is 14.7 Å². The highest BCUT2D eigenvalue weighted by Crippen LogP contribution is 2.29. The summed E-state index contributed by atoms with van der Waals surface area (Å²) in [6.07, 6.45) is 8.59. The average Bonchev–Trinajstić information content (AvgIpc) is 2.95. The molecule has 0 bridgehead atoms. The number of hydrogen-bond acceptors (Lipinski definition) is 4. The van der Waals surface area contributed by atoms with Crippen LogP contribution in [0, 0.1) is 6.92 Å². The number of hydrogen-bond donors (Lipinski definition) is 2. The number of aryl methyl sites for hydroxylation is 3. The first-order valence-corrected chi connectivity index (χ1v) is 14.5. The van der Waals surface area contributed by atoms with Gasteiger partial charge in [-0.05, 0) is 89.6 Å². The van der Waals surface area contributed by atoms with Gasteiger partial charge in [0.05, 0.1) is 0 Å². The van der Waals surface area contributed by atoms with Gasteiger partial charge in [-0.2, -0.15) is 11.8 Å². The van der Waals surface area contributed by atoms with Gasteiger partial charge in [0, 0.05) is 18.0 Å². The molecule has 4 aromatic rings. The van der Waals surface area contributed by atoms with Gasteiger partial charge in [0.1, 0.15) is 6.04 Å². The number of amides is 1. The minimum Gasteiger partial charge on any atom is -0.480 e. The van der Waals surface area contributed by atoms with Crippen LogP contribution >= 0.6 is 11.8 Å². The van der Waals surface area contributed by atoms with Crippen molar-refractivity contribution in [3.8, 4) is 11.1 Å². The van der Waals surface area contributed by atoms with Gasteiger partial charge in [-0.1, -0.05) is 72.8 Å². The maximum Gasteiger partial charge on any atom is 0.326 e. The Bertz CT molecular complexity index is 1420. The Labute approximate surface area is 234 Å². The fourth-order valence-corrected chi connectivity index (χ4v) is 5.14. The zero-order chi connectivity index (χ0) is 27.6. The van der Waals surface area contributed by atoms with Crippen LogP contribution in [0.2, 0.25) is 0 Å². The highest BCUT2D eigenvalue weighted by Gasteiger charge is 2.22. The number of nitrogens with zero attached hydrogens (tertiary/aromatic N) is 1.